The van der Waals surface area contributed by atoms with Crippen molar-refractivity contribution in [3.63, 3.8) is 0 Å². The molecule has 0 saturated carbocycles. The normalized spacial score (nSPS) is 21.0. The Balaban J connectivity index is 1.26. The highest BCUT2D eigenvalue weighted by atomic mass is 32.1. The van der Waals surface area contributed by atoms with Crippen molar-refractivity contribution in [2.75, 3.05) is 26.2 Å². The summed E-state index contributed by atoms with van der Waals surface area (Å²) in [6, 6.07) is 6.75. The maximum atomic E-state index is 12.9. The Morgan fingerprint density at radius 2 is 1.96 bits per heavy atom. The summed E-state index contributed by atoms with van der Waals surface area (Å²) in [4.78, 5) is 17.3. The van der Waals surface area contributed by atoms with Gasteiger partial charge in [-0.3, -0.25) is 14.6 Å². The minimum absolute atomic E-state index is 0.237. The number of carbonyl (C=O) groups is 1. The Bertz CT molecular complexity index is 775. The van der Waals surface area contributed by atoms with Gasteiger partial charge in [0.05, 0.1) is 6.54 Å². The van der Waals surface area contributed by atoms with Gasteiger partial charge >= 0.3 is 0 Å². The Hall–Kier alpha value is -1.90. The van der Waals surface area contributed by atoms with Crippen LogP contribution < -0.4 is 5.32 Å². The van der Waals surface area contributed by atoms with E-state index in [9.17, 15) is 9.18 Å². The van der Waals surface area contributed by atoms with Gasteiger partial charge in [-0.05, 0) is 50.0 Å². The van der Waals surface area contributed by atoms with E-state index in [4.69, 9.17) is 0 Å². The molecule has 1 aromatic carbocycles. The molecule has 8 heteroatoms. The first-order valence-corrected chi connectivity index (χ1v) is 10.3. The van der Waals surface area contributed by atoms with Gasteiger partial charge in [0.1, 0.15) is 10.8 Å². The van der Waals surface area contributed by atoms with Crippen LogP contribution in [0, 0.1) is 5.82 Å². The molecule has 1 N–H and O–H groups in total. The SMILES string of the molecule is O=C(NCc1ccc(F)cc1)c1nnc(CN2CCC(N3CCCC3)C2)s1. The molecule has 4 rings (SSSR count). The molecule has 27 heavy (non-hydrogen) atoms. The standard InChI is InChI=1S/C19H24FN5OS/c20-15-5-3-14(4-6-15)11-21-18(26)19-23-22-17(27-19)13-24-10-7-16(12-24)25-8-1-2-9-25/h3-6,16H,1-2,7-13H2,(H,21,26). The van der Waals surface area contributed by atoms with Crippen LogP contribution in [0.3, 0.4) is 0 Å². The molecule has 3 heterocycles. The summed E-state index contributed by atoms with van der Waals surface area (Å²) in [6.45, 7) is 5.72. The first kappa shape index (κ1) is 18.5. The average Bonchev–Trinajstić information content (AvgIpc) is 3.43. The zero-order valence-electron chi connectivity index (χ0n) is 15.2. The topological polar surface area (TPSA) is 61.4 Å². The van der Waals surface area contributed by atoms with Crippen LogP contribution in [-0.4, -0.2) is 58.1 Å². The summed E-state index contributed by atoms with van der Waals surface area (Å²) in [7, 11) is 0. The first-order valence-electron chi connectivity index (χ1n) is 9.49. The molecule has 144 valence electrons. The number of nitrogens with zero attached hydrogens (tertiary/aromatic N) is 4. The van der Waals surface area contributed by atoms with Crippen molar-refractivity contribution in [1.29, 1.82) is 0 Å². The van der Waals surface area contributed by atoms with Gasteiger partial charge in [-0.1, -0.05) is 23.5 Å². The van der Waals surface area contributed by atoms with Crippen LogP contribution in [0.2, 0.25) is 0 Å². The van der Waals surface area contributed by atoms with E-state index in [2.05, 4.69) is 25.3 Å². The van der Waals surface area contributed by atoms with E-state index in [1.165, 1.54) is 55.8 Å². The lowest BCUT2D eigenvalue weighted by atomic mass is 10.2. The fourth-order valence-corrected chi connectivity index (χ4v) is 4.62. The molecule has 2 aliphatic heterocycles. The summed E-state index contributed by atoms with van der Waals surface area (Å²) in [6.07, 6.45) is 3.86. The van der Waals surface area contributed by atoms with Gasteiger partial charge in [-0.2, -0.15) is 0 Å². The second-order valence-corrected chi connectivity index (χ2v) is 8.29. The van der Waals surface area contributed by atoms with Gasteiger partial charge < -0.3 is 5.32 Å². The molecular formula is C19H24FN5OS. The third-order valence-corrected chi connectivity index (χ3v) is 6.20. The predicted molar refractivity (Wildman–Crippen MR) is 102 cm³/mol. The Labute approximate surface area is 162 Å². The average molecular weight is 390 g/mol. The molecule has 0 aliphatic carbocycles. The molecule has 0 bridgehead atoms. The number of carbonyl (C=O) groups excluding carboxylic acids is 1. The molecule has 1 amide bonds. The maximum absolute atomic E-state index is 12.9. The van der Waals surface area contributed by atoms with Crippen molar-refractivity contribution in [2.45, 2.75) is 38.4 Å². The van der Waals surface area contributed by atoms with Crippen molar-refractivity contribution in [2.24, 2.45) is 0 Å². The first-order chi connectivity index (χ1) is 13.2. The van der Waals surface area contributed by atoms with E-state index in [0.29, 0.717) is 17.6 Å². The zero-order valence-corrected chi connectivity index (χ0v) is 16.1. The second kappa shape index (κ2) is 8.41. The third-order valence-electron chi connectivity index (χ3n) is 5.29. The lowest BCUT2D eigenvalue weighted by Gasteiger charge is -2.23. The molecule has 2 aliphatic rings. The lowest BCUT2D eigenvalue weighted by Crippen LogP contribution is -2.35. The number of amides is 1. The maximum Gasteiger partial charge on any atom is 0.282 e. The quantitative estimate of drug-likeness (QED) is 0.821. The highest BCUT2D eigenvalue weighted by Gasteiger charge is 2.29. The van der Waals surface area contributed by atoms with Crippen LogP contribution in [0.15, 0.2) is 24.3 Å². The molecule has 0 radical (unpaired) electrons. The number of likely N-dealkylation sites (tertiary alicyclic amines) is 2. The minimum Gasteiger partial charge on any atom is -0.346 e. The molecular weight excluding hydrogens is 365 g/mol. The fraction of sp³-hybridized carbons (Fsp3) is 0.526. The Kier molecular flexibility index (Phi) is 5.75. The van der Waals surface area contributed by atoms with Crippen LogP contribution in [0.4, 0.5) is 4.39 Å². The van der Waals surface area contributed by atoms with Crippen LogP contribution in [0.5, 0.6) is 0 Å². The summed E-state index contributed by atoms with van der Waals surface area (Å²) in [5.41, 5.74) is 0.847. The number of nitrogens with one attached hydrogen (secondary N) is 1. The van der Waals surface area contributed by atoms with Crippen LogP contribution in [0.25, 0.3) is 0 Å². The van der Waals surface area contributed by atoms with Gasteiger partial charge in [0, 0.05) is 25.7 Å². The lowest BCUT2D eigenvalue weighted by molar-refractivity contribution is 0.0950. The molecule has 2 aromatic rings. The van der Waals surface area contributed by atoms with E-state index in [-0.39, 0.29) is 11.7 Å². The van der Waals surface area contributed by atoms with Crippen molar-refractivity contribution >= 4 is 17.2 Å². The number of hydrogen-bond acceptors (Lipinski definition) is 6. The minimum atomic E-state index is -0.285. The molecule has 2 fully saturated rings. The highest BCUT2D eigenvalue weighted by Crippen LogP contribution is 2.22. The Morgan fingerprint density at radius 3 is 2.74 bits per heavy atom. The number of halogens is 1. The van der Waals surface area contributed by atoms with Crippen molar-refractivity contribution in [3.8, 4) is 0 Å². The van der Waals surface area contributed by atoms with Crippen LogP contribution in [-0.2, 0) is 13.1 Å². The van der Waals surface area contributed by atoms with Crippen LogP contribution >= 0.6 is 11.3 Å². The van der Waals surface area contributed by atoms with Crippen molar-refractivity contribution in [3.05, 3.63) is 45.7 Å². The summed E-state index contributed by atoms with van der Waals surface area (Å²) in [5, 5.41) is 12.3. The number of hydrogen-bond donors (Lipinski definition) is 1. The zero-order chi connectivity index (χ0) is 18.6. The summed E-state index contributed by atoms with van der Waals surface area (Å²) in [5.74, 6) is -0.521. The van der Waals surface area contributed by atoms with E-state index in [0.717, 1.165) is 30.2 Å². The van der Waals surface area contributed by atoms with Crippen LogP contribution in [0.1, 0.15) is 39.6 Å². The van der Waals surface area contributed by atoms with Gasteiger partial charge in [-0.15, -0.1) is 10.2 Å². The predicted octanol–water partition coefficient (Wildman–Crippen LogP) is 2.28. The van der Waals surface area contributed by atoms with Gasteiger partial charge in [0.15, 0.2) is 0 Å². The van der Waals surface area contributed by atoms with E-state index >= 15 is 0 Å². The number of benzene rings is 1. The molecule has 0 spiro atoms. The van der Waals surface area contributed by atoms with Crippen molar-refractivity contribution < 1.29 is 9.18 Å². The Morgan fingerprint density at radius 1 is 1.19 bits per heavy atom. The number of rotatable bonds is 6. The van der Waals surface area contributed by atoms with Crippen molar-refractivity contribution in [1.82, 2.24) is 25.3 Å². The van der Waals surface area contributed by atoms with Gasteiger partial charge in [-0.25, -0.2) is 4.39 Å². The van der Waals surface area contributed by atoms with Gasteiger partial charge in [0.25, 0.3) is 5.91 Å². The third kappa shape index (κ3) is 4.69. The molecule has 1 atom stereocenters. The van der Waals surface area contributed by atoms with Gasteiger partial charge in [0.2, 0.25) is 5.01 Å². The molecule has 6 nitrogen and oxygen atoms in total. The summed E-state index contributed by atoms with van der Waals surface area (Å²) >= 11 is 1.35. The van der Waals surface area contributed by atoms with E-state index in [1.54, 1.807) is 12.1 Å². The van der Waals surface area contributed by atoms with E-state index < -0.39 is 0 Å². The largest absolute Gasteiger partial charge is 0.346 e. The fourth-order valence-electron chi connectivity index (χ4n) is 3.82. The molecule has 2 saturated heterocycles. The monoisotopic (exact) mass is 389 g/mol. The number of aromatic nitrogens is 2. The summed E-state index contributed by atoms with van der Waals surface area (Å²) < 4.78 is 12.9. The smallest absolute Gasteiger partial charge is 0.282 e. The molecule has 1 aromatic heterocycles. The molecule has 1 unspecified atom stereocenters. The van der Waals surface area contributed by atoms with E-state index in [1.807, 2.05) is 0 Å². The second-order valence-electron chi connectivity index (χ2n) is 7.23. The highest BCUT2D eigenvalue weighted by molar-refractivity contribution is 7.13.